The van der Waals surface area contributed by atoms with Gasteiger partial charge in [0.1, 0.15) is 0 Å². The standard InChI is InChI=1S/C70H50N6/c1-69(2)55-21-9-15-27-63(55)75(65-35-31-45(41-57(65)69)73-59-23-11-5-17-49(59)50-18-6-12-24-60(50)73)43-29-33-47-48-34-30-44(40-54(48)68-67(53(47)39-43)71-37-38-72-68)76-64-28-16-10-22-56(64)70(3,4)58-42-46(32-36-66(58)76)74-61-25-13-7-19-51(61)52-20-8-14-26-62(52)74/h5-42H,1-4H3. The first-order chi connectivity index (χ1) is 37.2. The molecular formula is C70H50N6. The van der Waals surface area contributed by atoms with Crippen molar-refractivity contribution < 1.29 is 0 Å². The molecule has 16 rings (SSSR count). The van der Waals surface area contributed by atoms with E-state index in [0.29, 0.717) is 0 Å². The van der Waals surface area contributed by atoms with Gasteiger partial charge in [0.25, 0.3) is 0 Å². The van der Waals surface area contributed by atoms with Crippen LogP contribution in [0.15, 0.2) is 231 Å². The molecule has 360 valence electrons. The number of aromatic nitrogens is 4. The summed E-state index contributed by atoms with van der Waals surface area (Å²) in [5.41, 5.74) is 20.3. The van der Waals surface area contributed by atoms with Crippen LogP contribution in [-0.2, 0) is 10.8 Å². The van der Waals surface area contributed by atoms with Crippen LogP contribution in [0.4, 0.5) is 34.1 Å². The monoisotopic (exact) mass is 974 g/mol. The van der Waals surface area contributed by atoms with Gasteiger partial charge in [-0.25, -0.2) is 0 Å². The second-order valence-corrected chi connectivity index (χ2v) is 21.8. The number of rotatable bonds is 4. The van der Waals surface area contributed by atoms with Crippen molar-refractivity contribution >= 4 is 110 Å². The molecule has 0 atom stereocenters. The Labute approximate surface area is 440 Å². The summed E-state index contributed by atoms with van der Waals surface area (Å²) in [5.74, 6) is 0. The molecule has 0 saturated carbocycles. The molecule has 0 radical (unpaired) electrons. The van der Waals surface area contributed by atoms with Gasteiger partial charge in [-0.3, -0.25) is 9.97 Å². The van der Waals surface area contributed by atoms with E-state index in [1.165, 1.54) is 88.6 Å². The molecule has 0 amide bonds. The summed E-state index contributed by atoms with van der Waals surface area (Å²) in [7, 11) is 0. The minimum atomic E-state index is -0.278. The zero-order chi connectivity index (χ0) is 50.6. The predicted molar refractivity (Wildman–Crippen MR) is 317 cm³/mol. The van der Waals surface area contributed by atoms with Crippen LogP contribution in [-0.4, -0.2) is 19.1 Å². The molecular weight excluding hydrogens is 925 g/mol. The molecule has 0 N–H and O–H groups in total. The second kappa shape index (κ2) is 15.5. The molecule has 6 nitrogen and oxygen atoms in total. The summed E-state index contributed by atoms with van der Waals surface area (Å²) in [6, 6.07) is 80.9. The van der Waals surface area contributed by atoms with Crippen LogP contribution in [0.5, 0.6) is 0 Å². The van der Waals surface area contributed by atoms with Gasteiger partial charge in [-0.05, 0) is 130 Å². The van der Waals surface area contributed by atoms with Crippen LogP contribution >= 0.6 is 0 Å². The van der Waals surface area contributed by atoms with Crippen LogP contribution in [0, 0.1) is 0 Å². The molecule has 5 heterocycles. The third kappa shape index (κ3) is 5.81. The first kappa shape index (κ1) is 42.9. The van der Waals surface area contributed by atoms with Crippen LogP contribution in [0.3, 0.4) is 0 Å². The number of nitrogens with zero attached hydrogens (tertiary/aromatic N) is 6. The van der Waals surface area contributed by atoms with Crippen LogP contribution < -0.4 is 9.80 Å². The fourth-order valence-corrected chi connectivity index (χ4v) is 13.6. The molecule has 0 bridgehead atoms. The Balaban J connectivity index is 0.858. The number of hydrogen-bond donors (Lipinski definition) is 0. The van der Waals surface area contributed by atoms with E-state index in [0.717, 1.165) is 55.3 Å². The molecule has 76 heavy (non-hydrogen) atoms. The third-order valence-corrected chi connectivity index (χ3v) is 17.1. The van der Waals surface area contributed by atoms with Crippen molar-refractivity contribution in [2.75, 3.05) is 9.80 Å². The Kier molecular flexibility index (Phi) is 8.76. The predicted octanol–water partition coefficient (Wildman–Crippen LogP) is 18.3. The number of fused-ring (bicyclic) bond motifs is 16. The van der Waals surface area contributed by atoms with Crippen molar-refractivity contribution in [2.45, 2.75) is 38.5 Å². The van der Waals surface area contributed by atoms with Gasteiger partial charge in [0.05, 0.1) is 55.8 Å². The zero-order valence-electron chi connectivity index (χ0n) is 42.6. The van der Waals surface area contributed by atoms with Gasteiger partial charge < -0.3 is 18.9 Å². The molecule has 14 aromatic rings. The van der Waals surface area contributed by atoms with Crippen molar-refractivity contribution in [1.82, 2.24) is 19.1 Å². The van der Waals surface area contributed by atoms with Crippen molar-refractivity contribution in [2.24, 2.45) is 0 Å². The minimum absolute atomic E-state index is 0.278. The molecule has 0 fully saturated rings. The third-order valence-electron chi connectivity index (χ3n) is 17.1. The minimum Gasteiger partial charge on any atom is -0.310 e. The molecule has 3 aromatic heterocycles. The smallest absolute Gasteiger partial charge is 0.0972 e. The highest BCUT2D eigenvalue weighted by Gasteiger charge is 2.39. The highest BCUT2D eigenvalue weighted by Crippen LogP contribution is 2.55. The SMILES string of the molecule is CC1(C)c2ccccc2N(c2ccc3c4ccc(N5c6ccccc6C(C)(C)c6cc(-n7c8ccccc8c8ccccc87)ccc65)cc4c4nccnc4c3c2)c2ccc(-n3c4ccccc4c4ccccc43)cc21. The molecule has 2 aliphatic heterocycles. The summed E-state index contributed by atoms with van der Waals surface area (Å²) in [5, 5.41) is 9.45. The normalized spacial score (nSPS) is 14.5. The molecule has 0 aliphatic carbocycles. The maximum atomic E-state index is 5.16. The first-order valence-corrected chi connectivity index (χ1v) is 26.4. The number of hydrogen-bond acceptors (Lipinski definition) is 4. The van der Waals surface area contributed by atoms with E-state index >= 15 is 0 Å². The molecule has 0 spiro atoms. The second-order valence-electron chi connectivity index (χ2n) is 21.8. The first-order valence-electron chi connectivity index (χ1n) is 26.4. The van der Waals surface area contributed by atoms with Crippen LogP contribution in [0.1, 0.15) is 49.9 Å². The van der Waals surface area contributed by atoms with Crippen molar-refractivity contribution in [3.8, 4) is 11.4 Å². The summed E-state index contributed by atoms with van der Waals surface area (Å²) in [6.07, 6.45) is 3.67. The Bertz CT molecular complexity index is 4370. The fourth-order valence-electron chi connectivity index (χ4n) is 13.6. The molecule has 0 unspecified atom stereocenters. The van der Waals surface area contributed by atoms with Gasteiger partial charge in [0.15, 0.2) is 0 Å². The summed E-state index contributed by atoms with van der Waals surface area (Å²) in [4.78, 5) is 15.2. The van der Waals surface area contributed by atoms with E-state index in [1.54, 1.807) is 0 Å². The number of para-hydroxylation sites is 6. The molecule has 0 saturated heterocycles. The Morgan fingerprint density at radius 3 is 1.00 bits per heavy atom. The van der Waals surface area contributed by atoms with E-state index in [9.17, 15) is 0 Å². The highest BCUT2D eigenvalue weighted by atomic mass is 15.2. The average Bonchev–Trinajstić information content (AvgIpc) is 4.10. The van der Waals surface area contributed by atoms with Gasteiger partial charge in [0, 0.05) is 78.3 Å². The fraction of sp³-hybridized carbons (Fsp3) is 0.0857. The van der Waals surface area contributed by atoms with E-state index in [2.05, 4.69) is 265 Å². The number of benzene rings is 11. The lowest BCUT2D eigenvalue weighted by Gasteiger charge is -2.42. The molecule has 11 aromatic carbocycles. The Hall–Kier alpha value is -9.52. The van der Waals surface area contributed by atoms with Crippen molar-refractivity contribution in [3.63, 3.8) is 0 Å². The van der Waals surface area contributed by atoms with E-state index < -0.39 is 0 Å². The Morgan fingerprint density at radius 2 is 0.605 bits per heavy atom. The van der Waals surface area contributed by atoms with E-state index in [-0.39, 0.29) is 10.8 Å². The van der Waals surface area contributed by atoms with E-state index in [1.807, 2.05) is 12.4 Å². The van der Waals surface area contributed by atoms with Gasteiger partial charge >= 0.3 is 0 Å². The molecule has 6 heteroatoms. The van der Waals surface area contributed by atoms with Gasteiger partial charge in [0.2, 0.25) is 0 Å². The van der Waals surface area contributed by atoms with Crippen molar-refractivity contribution in [3.05, 3.63) is 253 Å². The maximum Gasteiger partial charge on any atom is 0.0972 e. The molecule has 2 aliphatic rings. The van der Waals surface area contributed by atoms with Crippen molar-refractivity contribution in [1.29, 1.82) is 0 Å². The highest BCUT2D eigenvalue weighted by molar-refractivity contribution is 6.24. The summed E-state index contributed by atoms with van der Waals surface area (Å²) in [6.45, 7) is 9.48. The van der Waals surface area contributed by atoms with Gasteiger partial charge in [-0.15, -0.1) is 0 Å². The van der Waals surface area contributed by atoms with Gasteiger partial charge in [-0.2, -0.15) is 0 Å². The maximum absolute atomic E-state index is 5.16. The Morgan fingerprint density at radius 1 is 0.276 bits per heavy atom. The number of anilines is 6. The lowest BCUT2D eigenvalue weighted by atomic mass is 9.73. The quantitative estimate of drug-likeness (QED) is 0.165. The van der Waals surface area contributed by atoms with Crippen LogP contribution in [0.2, 0.25) is 0 Å². The largest absolute Gasteiger partial charge is 0.310 e. The van der Waals surface area contributed by atoms with Gasteiger partial charge in [-0.1, -0.05) is 149 Å². The van der Waals surface area contributed by atoms with E-state index in [4.69, 9.17) is 9.97 Å². The lowest BCUT2D eigenvalue weighted by Crippen LogP contribution is -2.30. The summed E-state index contributed by atoms with van der Waals surface area (Å²) < 4.78 is 4.85. The summed E-state index contributed by atoms with van der Waals surface area (Å²) >= 11 is 0. The zero-order valence-corrected chi connectivity index (χ0v) is 42.6. The lowest BCUT2D eigenvalue weighted by molar-refractivity contribution is 0.631. The topological polar surface area (TPSA) is 42.1 Å². The van der Waals surface area contributed by atoms with Crippen LogP contribution in [0.25, 0.3) is 87.6 Å². The average molecular weight is 975 g/mol.